The van der Waals surface area contributed by atoms with Gasteiger partial charge in [0.1, 0.15) is 12.4 Å². The summed E-state index contributed by atoms with van der Waals surface area (Å²) >= 11 is 0. The number of ether oxygens (including phenoxy) is 1. The highest BCUT2D eigenvalue weighted by Crippen LogP contribution is 2.12. The van der Waals surface area contributed by atoms with Crippen molar-refractivity contribution in [2.75, 3.05) is 25.5 Å². The van der Waals surface area contributed by atoms with Gasteiger partial charge >= 0.3 is 0 Å². The summed E-state index contributed by atoms with van der Waals surface area (Å²) in [7, 11) is 1.89. The van der Waals surface area contributed by atoms with E-state index in [0.717, 1.165) is 5.75 Å². The van der Waals surface area contributed by atoms with Crippen LogP contribution in [0.25, 0.3) is 0 Å². The highest BCUT2D eigenvalue weighted by Gasteiger charge is 2.18. The third kappa shape index (κ3) is 5.72. The maximum Gasteiger partial charge on any atom is 0.241 e. The Hall–Kier alpha value is -2.66. The number of benzene rings is 2. The van der Waals surface area contributed by atoms with Gasteiger partial charge in [-0.25, -0.2) is 0 Å². The van der Waals surface area contributed by atoms with Gasteiger partial charge in [-0.05, 0) is 57.3 Å². The van der Waals surface area contributed by atoms with Crippen LogP contribution in [-0.4, -0.2) is 42.8 Å². The van der Waals surface area contributed by atoms with Crippen molar-refractivity contribution in [1.82, 2.24) is 4.90 Å². The average Bonchev–Trinajstić information content (AvgIpc) is 2.62. The van der Waals surface area contributed by atoms with Gasteiger partial charge in [0.2, 0.25) is 5.91 Å². The molecule has 1 amide bonds. The second-order valence-corrected chi connectivity index (χ2v) is 5.94. The van der Waals surface area contributed by atoms with Crippen molar-refractivity contribution in [3.8, 4) is 5.75 Å². The van der Waals surface area contributed by atoms with E-state index in [9.17, 15) is 9.59 Å². The van der Waals surface area contributed by atoms with Crippen LogP contribution < -0.4 is 10.1 Å². The van der Waals surface area contributed by atoms with Crippen LogP contribution >= 0.6 is 0 Å². The van der Waals surface area contributed by atoms with E-state index in [0.29, 0.717) is 24.4 Å². The molecule has 0 bridgehead atoms. The Balaban J connectivity index is 1.80. The quantitative estimate of drug-likeness (QED) is 0.750. The molecule has 2 rings (SSSR count). The first kappa shape index (κ1) is 18.7. The first-order valence-electron chi connectivity index (χ1n) is 8.27. The standard InChI is InChI=1S/C20H24N2O3/c1-15(22(3)13-14-25-19-7-5-4-6-8-19)20(24)21-18-11-9-17(10-12-18)16(2)23/h4-12,15H,13-14H2,1-3H3,(H,21,24). The Morgan fingerprint density at radius 3 is 2.32 bits per heavy atom. The van der Waals surface area contributed by atoms with Crippen LogP contribution in [0.15, 0.2) is 54.6 Å². The topological polar surface area (TPSA) is 58.6 Å². The lowest BCUT2D eigenvalue weighted by atomic mass is 10.1. The molecule has 0 aromatic heterocycles. The molecule has 1 atom stereocenters. The molecular weight excluding hydrogens is 316 g/mol. The van der Waals surface area contributed by atoms with Gasteiger partial charge in [-0.15, -0.1) is 0 Å². The second kappa shape index (κ2) is 8.99. The summed E-state index contributed by atoms with van der Waals surface area (Å²) in [5, 5.41) is 2.86. The number of rotatable bonds is 8. The number of likely N-dealkylation sites (N-methyl/N-ethyl adjacent to an activating group) is 1. The highest BCUT2D eigenvalue weighted by molar-refractivity contribution is 5.96. The molecule has 1 unspecified atom stereocenters. The highest BCUT2D eigenvalue weighted by atomic mass is 16.5. The number of anilines is 1. The lowest BCUT2D eigenvalue weighted by molar-refractivity contribution is -0.120. The van der Waals surface area contributed by atoms with Crippen molar-refractivity contribution in [3.63, 3.8) is 0 Å². The van der Waals surface area contributed by atoms with Gasteiger partial charge < -0.3 is 10.1 Å². The third-order valence-corrected chi connectivity index (χ3v) is 4.06. The summed E-state index contributed by atoms with van der Waals surface area (Å²) in [4.78, 5) is 25.6. The maximum atomic E-state index is 12.3. The minimum absolute atomic E-state index is 0.00407. The van der Waals surface area contributed by atoms with Crippen LogP contribution in [0.5, 0.6) is 5.75 Å². The van der Waals surface area contributed by atoms with Crippen LogP contribution in [-0.2, 0) is 4.79 Å². The van der Waals surface area contributed by atoms with Crippen molar-refractivity contribution in [3.05, 3.63) is 60.2 Å². The number of hydrogen-bond acceptors (Lipinski definition) is 4. The van der Waals surface area contributed by atoms with Crippen LogP contribution in [0.1, 0.15) is 24.2 Å². The van der Waals surface area contributed by atoms with Gasteiger partial charge in [-0.3, -0.25) is 14.5 Å². The molecular formula is C20H24N2O3. The lowest BCUT2D eigenvalue weighted by Gasteiger charge is -2.23. The average molecular weight is 340 g/mol. The first-order valence-corrected chi connectivity index (χ1v) is 8.27. The SMILES string of the molecule is CC(=O)c1ccc(NC(=O)C(C)N(C)CCOc2ccccc2)cc1. The molecule has 2 aromatic rings. The Morgan fingerprint density at radius 2 is 1.72 bits per heavy atom. The fourth-order valence-corrected chi connectivity index (χ4v) is 2.25. The van der Waals surface area contributed by atoms with Crippen LogP contribution in [0.3, 0.4) is 0 Å². The zero-order valence-electron chi connectivity index (χ0n) is 14.9. The molecule has 25 heavy (non-hydrogen) atoms. The number of hydrogen-bond donors (Lipinski definition) is 1. The van der Waals surface area contributed by atoms with Crippen molar-refractivity contribution >= 4 is 17.4 Å². The summed E-state index contributed by atoms with van der Waals surface area (Å²) < 4.78 is 5.66. The second-order valence-electron chi connectivity index (χ2n) is 5.94. The first-order chi connectivity index (χ1) is 12.0. The molecule has 0 spiro atoms. The number of nitrogens with one attached hydrogen (secondary N) is 1. The molecule has 0 aliphatic heterocycles. The molecule has 0 radical (unpaired) electrons. The van der Waals surface area contributed by atoms with E-state index in [1.165, 1.54) is 6.92 Å². The summed E-state index contributed by atoms with van der Waals surface area (Å²) in [5.74, 6) is 0.723. The molecule has 2 aromatic carbocycles. The van der Waals surface area contributed by atoms with Crippen LogP contribution in [0.2, 0.25) is 0 Å². The zero-order chi connectivity index (χ0) is 18.2. The molecule has 0 saturated carbocycles. The number of carbonyl (C=O) groups excluding carboxylic acids is 2. The van der Waals surface area contributed by atoms with Crippen LogP contribution in [0, 0.1) is 0 Å². The minimum atomic E-state index is -0.299. The molecule has 0 saturated heterocycles. The van der Waals surface area contributed by atoms with Crippen LogP contribution in [0.4, 0.5) is 5.69 Å². The third-order valence-electron chi connectivity index (χ3n) is 4.06. The smallest absolute Gasteiger partial charge is 0.241 e. The van der Waals surface area contributed by atoms with Gasteiger partial charge in [0.05, 0.1) is 6.04 Å². The largest absolute Gasteiger partial charge is 0.492 e. The summed E-state index contributed by atoms with van der Waals surface area (Å²) in [6, 6.07) is 16.2. The molecule has 1 N–H and O–H groups in total. The Morgan fingerprint density at radius 1 is 1.08 bits per heavy atom. The van der Waals surface area contributed by atoms with Crippen molar-refractivity contribution in [1.29, 1.82) is 0 Å². The van der Waals surface area contributed by atoms with Gasteiger partial charge in [0, 0.05) is 17.8 Å². The van der Waals surface area contributed by atoms with Gasteiger partial charge in [0.25, 0.3) is 0 Å². The normalized spacial score (nSPS) is 11.8. The molecule has 0 fully saturated rings. The minimum Gasteiger partial charge on any atom is -0.492 e. The number of Topliss-reactive ketones (excluding diaryl/α,β-unsaturated/α-hetero) is 1. The van der Waals surface area contributed by atoms with E-state index >= 15 is 0 Å². The van der Waals surface area contributed by atoms with E-state index in [1.807, 2.05) is 49.2 Å². The summed E-state index contributed by atoms with van der Waals surface area (Å²) in [5.41, 5.74) is 1.30. The number of nitrogens with zero attached hydrogens (tertiary/aromatic N) is 1. The fraction of sp³-hybridized carbons (Fsp3) is 0.300. The van der Waals surface area contributed by atoms with E-state index < -0.39 is 0 Å². The number of amides is 1. The molecule has 0 aliphatic carbocycles. The van der Waals surface area contributed by atoms with E-state index in [-0.39, 0.29) is 17.7 Å². The maximum absolute atomic E-state index is 12.3. The fourth-order valence-electron chi connectivity index (χ4n) is 2.25. The van der Waals surface area contributed by atoms with Gasteiger partial charge in [-0.2, -0.15) is 0 Å². The zero-order valence-corrected chi connectivity index (χ0v) is 14.9. The number of carbonyl (C=O) groups is 2. The molecule has 5 nitrogen and oxygen atoms in total. The molecule has 0 heterocycles. The molecule has 132 valence electrons. The van der Waals surface area contributed by atoms with Crippen molar-refractivity contribution < 1.29 is 14.3 Å². The molecule has 0 aliphatic rings. The van der Waals surface area contributed by atoms with Crippen molar-refractivity contribution in [2.24, 2.45) is 0 Å². The summed E-state index contributed by atoms with van der Waals surface area (Å²) in [6.45, 7) is 4.50. The Kier molecular flexibility index (Phi) is 6.71. The Labute approximate surface area is 148 Å². The lowest BCUT2D eigenvalue weighted by Crippen LogP contribution is -2.41. The van der Waals surface area contributed by atoms with E-state index in [1.54, 1.807) is 24.3 Å². The van der Waals surface area contributed by atoms with E-state index in [2.05, 4.69) is 5.32 Å². The van der Waals surface area contributed by atoms with Gasteiger partial charge in [-0.1, -0.05) is 18.2 Å². The molecule has 5 heteroatoms. The predicted octanol–water partition coefficient (Wildman–Crippen LogP) is 3.23. The van der Waals surface area contributed by atoms with Gasteiger partial charge in [0.15, 0.2) is 5.78 Å². The van der Waals surface area contributed by atoms with Crippen molar-refractivity contribution in [2.45, 2.75) is 19.9 Å². The monoisotopic (exact) mass is 340 g/mol. The summed E-state index contributed by atoms with van der Waals surface area (Å²) in [6.07, 6.45) is 0. The number of para-hydroxylation sites is 1. The van der Waals surface area contributed by atoms with E-state index in [4.69, 9.17) is 4.74 Å². The predicted molar refractivity (Wildman–Crippen MR) is 99.1 cm³/mol. The Bertz CT molecular complexity index is 699. The number of ketones is 1.